The number of likely N-dealkylation sites (N-methyl/N-ethyl adjacent to an activating group) is 1. The van der Waals surface area contributed by atoms with E-state index in [0.717, 1.165) is 6.54 Å². The Morgan fingerprint density at radius 1 is 1.53 bits per heavy atom. The van der Waals surface area contributed by atoms with E-state index in [1.54, 1.807) is 4.90 Å². The Bertz CT molecular complexity index is 320. The number of aliphatic hydroxyl groups is 1. The van der Waals surface area contributed by atoms with Crippen LogP contribution in [-0.4, -0.2) is 40.2 Å². The molecule has 1 N–H and O–H groups in total. The Morgan fingerprint density at radius 2 is 2.27 bits per heavy atom. The molecule has 0 radical (unpaired) electrons. The van der Waals surface area contributed by atoms with Gasteiger partial charge < -0.3 is 14.6 Å². The molecule has 0 bridgehead atoms. The molecule has 1 heterocycles. The van der Waals surface area contributed by atoms with Crippen LogP contribution in [0.15, 0.2) is 18.3 Å². The zero-order chi connectivity index (χ0) is 11.3. The molecule has 1 amide bonds. The van der Waals surface area contributed by atoms with Crippen LogP contribution in [0.5, 0.6) is 0 Å². The Hall–Kier alpha value is -1.29. The predicted molar refractivity (Wildman–Crippen MR) is 58.8 cm³/mol. The maximum atomic E-state index is 12.0. The fourth-order valence-electron chi connectivity index (χ4n) is 1.57. The monoisotopic (exact) mass is 210 g/mol. The molecular weight excluding hydrogens is 192 g/mol. The number of aromatic nitrogens is 1. The highest BCUT2D eigenvalue weighted by atomic mass is 16.3. The van der Waals surface area contributed by atoms with Crippen LogP contribution < -0.4 is 0 Å². The van der Waals surface area contributed by atoms with Gasteiger partial charge >= 0.3 is 0 Å². The Morgan fingerprint density at radius 3 is 2.80 bits per heavy atom. The fourth-order valence-corrected chi connectivity index (χ4v) is 1.57. The van der Waals surface area contributed by atoms with E-state index in [2.05, 4.69) is 0 Å². The van der Waals surface area contributed by atoms with Gasteiger partial charge in [0.25, 0.3) is 5.91 Å². The van der Waals surface area contributed by atoms with Crippen LogP contribution in [0.3, 0.4) is 0 Å². The fraction of sp³-hybridized carbons (Fsp3) is 0.545. The summed E-state index contributed by atoms with van der Waals surface area (Å²) >= 11 is 0. The molecule has 0 saturated carbocycles. The molecule has 0 aromatic carbocycles. The number of rotatable bonds is 5. The number of nitrogens with zero attached hydrogens (tertiary/aromatic N) is 2. The minimum atomic E-state index is -0.0154. The van der Waals surface area contributed by atoms with E-state index in [9.17, 15) is 4.79 Å². The largest absolute Gasteiger partial charge is 0.395 e. The quantitative estimate of drug-likeness (QED) is 0.787. The number of amides is 1. The molecule has 0 unspecified atom stereocenters. The van der Waals surface area contributed by atoms with Gasteiger partial charge in [0.2, 0.25) is 0 Å². The van der Waals surface area contributed by atoms with Gasteiger partial charge in [0.1, 0.15) is 5.69 Å². The zero-order valence-electron chi connectivity index (χ0n) is 9.31. The highest BCUT2D eigenvalue weighted by Gasteiger charge is 2.16. The van der Waals surface area contributed by atoms with E-state index >= 15 is 0 Å². The first-order valence-corrected chi connectivity index (χ1v) is 5.29. The lowest BCUT2D eigenvalue weighted by molar-refractivity contribution is 0.0721. The number of aryl methyl sites for hydroxylation is 1. The SMILES string of the molecule is CCN(CCO)C(=O)c1cccn1CC. The van der Waals surface area contributed by atoms with Crippen molar-refractivity contribution in [2.24, 2.45) is 0 Å². The van der Waals surface area contributed by atoms with Crippen molar-refractivity contribution >= 4 is 5.91 Å². The van der Waals surface area contributed by atoms with Gasteiger partial charge in [0.15, 0.2) is 0 Å². The maximum Gasteiger partial charge on any atom is 0.270 e. The summed E-state index contributed by atoms with van der Waals surface area (Å²) in [6.07, 6.45) is 1.89. The van der Waals surface area contributed by atoms with Gasteiger partial charge in [-0.2, -0.15) is 0 Å². The third-order valence-electron chi connectivity index (χ3n) is 2.43. The second-order valence-corrected chi connectivity index (χ2v) is 3.29. The van der Waals surface area contributed by atoms with E-state index in [1.165, 1.54) is 0 Å². The van der Waals surface area contributed by atoms with Crippen LogP contribution in [0.25, 0.3) is 0 Å². The highest BCUT2D eigenvalue weighted by molar-refractivity contribution is 5.92. The standard InChI is InChI=1S/C11H18N2O2/c1-3-12-7-5-6-10(12)11(15)13(4-2)8-9-14/h5-7,14H,3-4,8-9H2,1-2H3. The first-order chi connectivity index (χ1) is 7.24. The van der Waals surface area contributed by atoms with Crippen molar-refractivity contribution in [1.82, 2.24) is 9.47 Å². The Labute approximate surface area is 90.1 Å². The number of aliphatic hydroxyl groups excluding tert-OH is 1. The van der Waals surface area contributed by atoms with E-state index in [-0.39, 0.29) is 12.5 Å². The molecule has 1 aromatic rings. The van der Waals surface area contributed by atoms with Crippen LogP contribution in [0, 0.1) is 0 Å². The van der Waals surface area contributed by atoms with Crippen LogP contribution >= 0.6 is 0 Å². The molecular formula is C11H18N2O2. The van der Waals surface area contributed by atoms with E-state index in [0.29, 0.717) is 18.8 Å². The predicted octanol–water partition coefficient (Wildman–Crippen LogP) is 0.962. The summed E-state index contributed by atoms with van der Waals surface area (Å²) in [5, 5.41) is 8.84. The average molecular weight is 210 g/mol. The Balaban J connectivity index is 2.82. The summed E-state index contributed by atoms with van der Waals surface area (Å²) in [6, 6.07) is 3.68. The van der Waals surface area contributed by atoms with E-state index < -0.39 is 0 Å². The lowest BCUT2D eigenvalue weighted by atomic mass is 10.3. The van der Waals surface area contributed by atoms with Crippen LogP contribution in [0.2, 0.25) is 0 Å². The summed E-state index contributed by atoms with van der Waals surface area (Å²) in [7, 11) is 0. The molecule has 1 aromatic heterocycles. The lowest BCUT2D eigenvalue weighted by Crippen LogP contribution is -2.34. The van der Waals surface area contributed by atoms with Crippen molar-refractivity contribution in [3.63, 3.8) is 0 Å². The molecule has 0 saturated heterocycles. The van der Waals surface area contributed by atoms with Gasteiger partial charge in [-0.3, -0.25) is 4.79 Å². The first-order valence-electron chi connectivity index (χ1n) is 5.29. The number of carbonyl (C=O) groups excluding carboxylic acids is 1. The normalized spacial score (nSPS) is 10.3. The minimum Gasteiger partial charge on any atom is -0.395 e. The van der Waals surface area contributed by atoms with Crippen LogP contribution in [0.4, 0.5) is 0 Å². The minimum absolute atomic E-state index is 0.00636. The molecule has 0 aliphatic rings. The highest BCUT2D eigenvalue weighted by Crippen LogP contribution is 2.06. The summed E-state index contributed by atoms with van der Waals surface area (Å²) in [5.41, 5.74) is 0.688. The molecule has 0 aliphatic carbocycles. The van der Waals surface area contributed by atoms with Gasteiger partial charge in [0, 0.05) is 25.8 Å². The zero-order valence-corrected chi connectivity index (χ0v) is 9.31. The molecule has 0 spiro atoms. The summed E-state index contributed by atoms with van der Waals surface area (Å²) in [4.78, 5) is 13.6. The average Bonchev–Trinajstić information content (AvgIpc) is 2.72. The number of hydrogen-bond donors (Lipinski definition) is 1. The molecule has 4 heteroatoms. The van der Waals surface area contributed by atoms with Crippen LogP contribution in [0.1, 0.15) is 24.3 Å². The second kappa shape index (κ2) is 5.56. The molecule has 0 fully saturated rings. The van der Waals surface area contributed by atoms with Crippen molar-refractivity contribution in [3.8, 4) is 0 Å². The summed E-state index contributed by atoms with van der Waals surface area (Å²) in [6.45, 7) is 5.71. The maximum absolute atomic E-state index is 12.0. The Kier molecular flexibility index (Phi) is 4.37. The number of carbonyl (C=O) groups is 1. The molecule has 0 aliphatic heterocycles. The second-order valence-electron chi connectivity index (χ2n) is 3.29. The van der Waals surface area contributed by atoms with Gasteiger partial charge in [0.05, 0.1) is 6.61 Å². The smallest absolute Gasteiger partial charge is 0.270 e. The van der Waals surface area contributed by atoms with Crippen molar-refractivity contribution in [3.05, 3.63) is 24.0 Å². The van der Waals surface area contributed by atoms with Gasteiger partial charge in [-0.05, 0) is 26.0 Å². The first kappa shape index (κ1) is 11.8. The van der Waals surface area contributed by atoms with Gasteiger partial charge in [-0.1, -0.05) is 0 Å². The molecule has 15 heavy (non-hydrogen) atoms. The lowest BCUT2D eigenvalue weighted by Gasteiger charge is -2.20. The molecule has 84 valence electrons. The van der Waals surface area contributed by atoms with E-state index in [1.807, 2.05) is 36.7 Å². The van der Waals surface area contributed by atoms with Crippen molar-refractivity contribution in [1.29, 1.82) is 0 Å². The van der Waals surface area contributed by atoms with Crippen molar-refractivity contribution < 1.29 is 9.90 Å². The topological polar surface area (TPSA) is 45.5 Å². The third kappa shape index (κ3) is 2.59. The van der Waals surface area contributed by atoms with Gasteiger partial charge in [-0.15, -0.1) is 0 Å². The van der Waals surface area contributed by atoms with Gasteiger partial charge in [-0.25, -0.2) is 0 Å². The molecule has 1 rings (SSSR count). The van der Waals surface area contributed by atoms with Crippen molar-refractivity contribution in [2.75, 3.05) is 19.7 Å². The molecule has 4 nitrogen and oxygen atoms in total. The number of hydrogen-bond acceptors (Lipinski definition) is 2. The van der Waals surface area contributed by atoms with Crippen molar-refractivity contribution in [2.45, 2.75) is 20.4 Å². The van der Waals surface area contributed by atoms with Crippen LogP contribution in [-0.2, 0) is 6.54 Å². The van der Waals surface area contributed by atoms with E-state index in [4.69, 9.17) is 5.11 Å². The third-order valence-corrected chi connectivity index (χ3v) is 2.43. The summed E-state index contributed by atoms with van der Waals surface area (Å²) < 4.78 is 1.91. The molecule has 0 atom stereocenters. The summed E-state index contributed by atoms with van der Waals surface area (Å²) in [5.74, 6) is -0.0154.